The van der Waals surface area contributed by atoms with E-state index in [1.807, 2.05) is 26.0 Å². The number of piperidine rings is 1. The van der Waals surface area contributed by atoms with Crippen LogP contribution in [0.5, 0.6) is 0 Å². The summed E-state index contributed by atoms with van der Waals surface area (Å²) in [7, 11) is 0. The van der Waals surface area contributed by atoms with Gasteiger partial charge < -0.3 is 9.80 Å². The van der Waals surface area contributed by atoms with Crippen molar-refractivity contribution in [2.45, 2.75) is 40.0 Å². The number of nitriles is 1. The normalized spacial score (nSPS) is 16.8. The molecule has 1 aliphatic heterocycles. The smallest absolute Gasteiger partial charge is 0.279 e. The quantitative estimate of drug-likeness (QED) is 0.869. The van der Waals surface area contributed by atoms with Gasteiger partial charge in [0.2, 0.25) is 0 Å². The van der Waals surface area contributed by atoms with Crippen LogP contribution in [0.2, 0.25) is 0 Å². The molecule has 4 nitrogen and oxygen atoms in total. The fraction of sp³-hybridized carbons (Fsp3) is 0.556. The molecule has 1 aliphatic rings. The minimum absolute atomic E-state index is 0.0830. The van der Waals surface area contributed by atoms with E-state index in [1.54, 1.807) is 0 Å². The summed E-state index contributed by atoms with van der Waals surface area (Å²) in [5.41, 5.74) is 3.40. The van der Waals surface area contributed by atoms with Crippen molar-refractivity contribution in [2.24, 2.45) is 0 Å². The van der Waals surface area contributed by atoms with E-state index in [-0.39, 0.29) is 5.91 Å². The molecule has 2 rings (SSSR count). The van der Waals surface area contributed by atoms with Gasteiger partial charge in [0.1, 0.15) is 0 Å². The number of hydrogen-bond acceptors (Lipinski definition) is 2. The number of aryl methyl sites for hydroxylation is 2. The van der Waals surface area contributed by atoms with Crippen molar-refractivity contribution in [3.8, 4) is 6.07 Å². The van der Waals surface area contributed by atoms with Crippen LogP contribution in [0.15, 0.2) is 12.1 Å². The number of carbonyl (C=O) groups is 1. The lowest BCUT2D eigenvalue weighted by molar-refractivity contribution is -0.923. The van der Waals surface area contributed by atoms with Crippen molar-refractivity contribution >= 4 is 11.6 Å². The number of nitrogens with zero attached hydrogens (tertiary/aromatic N) is 2. The highest BCUT2D eigenvalue weighted by atomic mass is 16.2. The van der Waals surface area contributed by atoms with E-state index < -0.39 is 0 Å². The average Bonchev–Trinajstić information content (AvgIpc) is 2.51. The molecule has 0 saturated carbocycles. The van der Waals surface area contributed by atoms with E-state index in [9.17, 15) is 4.79 Å². The second kappa shape index (κ2) is 6.93. The Bertz CT molecular complexity index is 572. The minimum Gasteiger partial charge on any atom is -0.321 e. The first-order valence-corrected chi connectivity index (χ1v) is 8.16. The first kappa shape index (κ1) is 16.5. The second-order valence-electron chi connectivity index (χ2n) is 6.47. The van der Waals surface area contributed by atoms with Gasteiger partial charge >= 0.3 is 0 Å². The Hall–Kier alpha value is -1.86. The molecule has 1 saturated heterocycles. The van der Waals surface area contributed by atoms with Gasteiger partial charge in [-0.05, 0) is 63.3 Å². The van der Waals surface area contributed by atoms with Crippen LogP contribution in [0, 0.1) is 25.2 Å². The Balaban J connectivity index is 2.11. The Morgan fingerprint density at radius 3 is 2.32 bits per heavy atom. The largest absolute Gasteiger partial charge is 0.321 e. The van der Waals surface area contributed by atoms with Gasteiger partial charge in [0.25, 0.3) is 5.91 Å². The lowest BCUT2D eigenvalue weighted by atomic mass is 10.0. The van der Waals surface area contributed by atoms with Gasteiger partial charge in [0.15, 0.2) is 6.54 Å². The Labute approximate surface area is 133 Å². The van der Waals surface area contributed by atoms with E-state index in [0.717, 1.165) is 40.9 Å². The van der Waals surface area contributed by atoms with Crippen LogP contribution in [0.1, 0.15) is 42.9 Å². The van der Waals surface area contributed by atoms with Crippen LogP contribution in [0.4, 0.5) is 5.69 Å². The Morgan fingerprint density at radius 2 is 1.82 bits per heavy atom. The van der Waals surface area contributed by atoms with E-state index >= 15 is 0 Å². The van der Waals surface area contributed by atoms with E-state index in [2.05, 4.69) is 18.3 Å². The molecular formula is C18H26N3O+. The molecule has 1 fully saturated rings. The molecule has 118 valence electrons. The summed E-state index contributed by atoms with van der Waals surface area (Å²) in [6, 6.07) is 5.81. The second-order valence-corrected chi connectivity index (χ2v) is 6.47. The molecule has 1 aromatic rings. The van der Waals surface area contributed by atoms with Gasteiger partial charge in [-0.15, -0.1) is 0 Å². The number of hydrogen-bond donors (Lipinski definition) is 1. The van der Waals surface area contributed by atoms with Crippen molar-refractivity contribution in [3.05, 3.63) is 28.8 Å². The molecule has 1 N–H and O–H groups in total. The van der Waals surface area contributed by atoms with Crippen molar-refractivity contribution < 1.29 is 9.28 Å². The molecule has 0 aliphatic carbocycles. The molecule has 0 aromatic heterocycles. The first-order valence-electron chi connectivity index (χ1n) is 8.16. The van der Waals surface area contributed by atoms with Gasteiger partial charge in [0.05, 0.1) is 31.3 Å². The fourth-order valence-corrected chi connectivity index (χ4v) is 3.48. The number of anilines is 1. The molecule has 0 bridgehead atoms. The molecule has 1 aromatic carbocycles. The van der Waals surface area contributed by atoms with Gasteiger partial charge in [0, 0.05) is 5.69 Å². The third-order valence-corrected chi connectivity index (χ3v) is 4.84. The number of carbonyl (C=O) groups excluding carboxylic acids is 1. The summed E-state index contributed by atoms with van der Waals surface area (Å²) in [5.74, 6) is 0.0830. The summed E-state index contributed by atoms with van der Waals surface area (Å²) in [4.78, 5) is 12.5. The van der Waals surface area contributed by atoms with Gasteiger partial charge in [-0.25, -0.2) is 0 Å². The monoisotopic (exact) mass is 300 g/mol. The highest BCUT2D eigenvalue weighted by Gasteiger charge is 2.30. The third kappa shape index (κ3) is 3.66. The standard InChI is InChI=1S/C18H25N3O/c1-4-21(8-6-5-7-9-21)13-17(22)20-18-14(2)10-16(12-19)11-15(18)3/h10-11H,4-9,13H2,1-3H3/p+1. The predicted molar refractivity (Wildman–Crippen MR) is 88.5 cm³/mol. The zero-order valence-electron chi connectivity index (χ0n) is 13.9. The van der Waals surface area contributed by atoms with Gasteiger partial charge in [-0.3, -0.25) is 4.79 Å². The molecule has 22 heavy (non-hydrogen) atoms. The van der Waals surface area contributed by atoms with Crippen molar-refractivity contribution in [3.63, 3.8) is 0 Å². The van der Waals surface area contributed by atoms with Gasteiger partial charge in [-0.2, -0.15) is 5.26 Å². The molecular weight excluding hydrogens is 274 g/mol. The summed E-state index contributed by atoms with van der Waals surface area (Å²) in [6.07, 6.45) is 3.72. The Morgan fingerprint density at radius 1 is 1.23 bits per heavy atom. The fourth-order valence-electron chi connectivity index (χ4n) is 3.48. The number of rotatable bonds is 4. The van der Waals surface area contributed by atoms with Crippen molar-refractivity contribution in [1.82, 2.24) is 0 Å². The van der Waals surface area contributed by atoms with Crippen LogP contribution >= 0.6 is 0 Å². The predicted octanol–water partition coefficient (Wildman–Crippen LogP) is 3.13. The maximum atomic E-state index is 12.5. The molecule has 0 atom stereocenters. The number of likely N-dealkylation sites (tertiary alicyclic amines) is 1. The molecule has 0 unspecified atom stereocenters. The number of benzene rings is 1. The minimum atomic E-state index is 0.0830. The topological polar surface area (TPSA) is 52.9 Å². The summed E-state index contributed by atoms with van der Waals surface area (Å²) in [6.45, 7) is 9.83. The third-order valence-electron chi connectivity index (χ3n) is 4.84. The highest BCUT2D eigenvalue weighted by molar-refractivity contribution is 5.93. The molecule has 0 spiro atoms. The average molecular weight is 300 g/mol. The van der Waals surface area contributed by atoms with Crippen LogP contribution in [0.3, 0.4) is 0 Å². The maximum Gasteiger partial charge on any atom is 0.279 e. The number of quaternary nitrogens is 1. The molecule has 1 heterocycles. The number of likely N-dealkylation sites (N-methyl/N-ethyl adjacent to an activating group) is 1. The maximum absolute atomic E-state index is 12.5. The van der Waals surface area contributed by atoms with Crippen molar-refractivity contribution in [2.75, 3.05) is 31.5 Å². The van der Waals surface area contributed by atoms with E-state index in [4.69, 9.17) is 5.26 Å². The van der Waals surface area contributed by atoms with Crippen LogP contribution < -0.4 is 5.32 Å². The SMILES string of the molecule is CC[N+]1(CC(=O)Nc2c(C)cc(C#N)cc2C)CCCCC1. The lowest BCUT2D eigenvalue weighted by Gasteiger charge is -2.40. The van der Waals surface area contributed by atoms with Crippen molar-refractivity contribution in [1.29, 1.82) is 5.26 Å². The van der Waals surface area contributed by atoms with E-state index in [1.165, 1.54) is 19.3 Å². The van der Waals surface area contributed by atoms with Crippen LogP contribution in [-0.4, -0.2) is 36.6 Å². The highest BCUT2D eigenvalue weighted by Crippen LogP contribution is 2.23. The van der Waals surface area contributed by atoms with Crippen LogP contribution in [0.25, 0.3) is 0 Å². The lowest BCUT2D eigenvalue weighted by Crippen LogP contribution is -2.55. The molecule has 0 radical (unpaired) electrons. The molecule has 1 amide bonds. The van der Waals surface area contributed by atoms with Crippen LogP contribution in [-0.2, 0) is 4.79 Å². The van der Waals surface area contributed by atoms with E-state index in [0.29, 0.717) is 12.1 Å². The Kier molecular flexibility index (Phi) is 5.20. The number of nitrogens with one attached hydrogen (secondary N) is 1. The first-order chi connectivity index (χ1) is 10.5. The zero-order chi connectivity index (χ0) is 16.2. The summed E-state index contributed by atoms with van der Waals surface area (Å²) < 4.78 is 0.903. The van der Waals surface area contributed by atoms with Gasteiger partial charge in [-0.1, -0.05) is 0 Å². The zero-order valence-corrected chi connectivity index (χ0v) is 13.9. The molecule has 4 heteroatoms. The summed E-state index contributed by atoms with van der Waals surface area (Å²) >= 11 is 0. The summed E-state index contributed by atoms with van der Waals surface area (Å²) in [5, 5.41) is 12.1. The number of amides is 1.